The van der Waals surface area contributed by atoms with Crippen LogP contribution in [0.3, 0.4) is 0 Å². The predicted octanol–water partition coefficient (Wildman–Crippen LogP) is 2.75. The molecule has 0 aliphatic heterocycles. The second kappa shape index (κ2) is 9.42. The molecule has 0 aliphatic rings. The van der Waals surface area contributed by atoms with Crippen LogP contribution in [0, 0.1) is 0 Å². The van der Waals surface area contributed by atoms with Gasteiger partial charge in [-0.2, -0.15) is 0 Å². The third kappa shape index (κ3) is 6.84. The molecule has 0 aromatic heterocycles. The molecule has 1 unspecified atom stereocenters. The highest BCUT2D eigenvalue weighted by Gasteiger charge is 2.27. The Hall–Kier alpha value is -1.52. The Bertz CT molecular complexity index is 321. The van der Waals surface area contributed by atoms with Crippen molar-refractivity contribution in [3.05, 3.63) is 11.6 Å². The second-order valence-corrected chi connectivity index (χ2v) is 4.63. The van der Waals surface area contributed by atoms with Gasteiger partial charge in [0.15, 0.2) is 0 Å². The van der Waals surface area contributed by atoms with Crippen LogP contribution in [0.4, 0.5) is 4.79 Å². The number of likely N-dealkylation sites (N-methyl/N-ethyl adjacent to an activating group) is 1. The van der Waals surface area contributed by atoms with Crippen LogP contribution in [0.1, 0.15) is 40.0 Å². The molecule has 0 aromatic rings. The van der Waals surface area contributed by atoms with Gasteiger partial charge in [0.1, 0.15) is 6.04 Å². The quantitative estimate of drug-likeness (QED) is 0.406. The van der Waals surface area contributed by atoms with E-state index >= 15 is 0 Å². The van der Waals surface area contributed by atoms with Gasteiger partial charge >= 0.3 is 12.1 Å². The molecule has 0 bridgehead atoms. The molecule has 0 heterocycles. The molecule has 0 radical (unpaired) electrons. The first-order valence-electron chi connectivity index (χ1n) is 6.54. The first kappa shape index (κ1) is 17.5. The van der Waals surface area contributed by atoms with Gasteiger partial charge in [-0.25, -0.2) is 9.59 Å². The summed E-state index contributed by atoms with van der Waals surface area (Å²) in [6.07, 6.45) is 3.60. The van der Waals surface area contributed by atoms with Crippen LogP contribution < -0.4 is 0 Å². The number of ether oxygens (including phenoxy) is 2. The zero-order valence-corrected chi connectivity index (χ0v) is 12.6. The number of rotatable bonds is 7. The number of methoxy groups -OCH3 is 1. The molecule has 1 amide bonds. The summed E-state index contributed by atoms with van der Waals surface area (Å²) in [7, 11) is 2.86. The lowest BCUT2D eigenvalue weighted by molar-refractivity contribution is -0.145. The van der Waals surface area contributed by atoms with Crippen molar-refractivity contribution in [2.75, 3.05) is 20.8 Å². The summed E-state index contributed by atoms with van der Waals surface area (Å²) in [5.41, 5.74) is 1.08. The van der Waals surface area contributed by atoms with Crippen molar-refractivity contribution in [3.63, 3.8) is 0 Å². The highest BCUT2D eigenvalue weighted by atomic mass is 16.6. The van der Waals surface area contributed by atoms with Crippen LogP contribution in [0.5, 0.6) is 0 Å². The molecule has 0 saturated carbocycles. The van der Waals surface area contributed by atoms with E-state index in [2.05, 4.69) is 0 Å². The SMILES string of the molecule is CCCCOC(=O)N(C)C(CC=C(C)C)C(=O)OC. The molecule has 0 rings (SSSR count). The maximum Gasteiger partial charge on any atom is 0.410 e. The molecular formula is C14H25NO4. The van der Waals surface area contributed by atoms with E-state index in [0.717, 1.165) is 18.4 Å². The number of unbranched alkanes of at least 4 members (excludes halogenated alkanes) is 1. The molecule has 0 aliphatic carbocycles. The van der Waals surface area contributed by atoms with Crippen LogP contribution in [0.15, 0.2) is 11.6 Å². The maximum absolute atomic E-state index is 11.8. The van der Waals surface area contributed by atoms with Crippen molar-refractivity contribution in [2.45, 2.75) is 46.1 Å². The fourth-order valence-electron chi connectivity index (χ4n) is 1.43. The lowest BCUT2D eigenvalue weighted by Gasteiger charge is -2.24. The summed E-state index contributed by atoms with van der Waals surface area (Å²) < 4.78 is 9.81. The third-order valence-electron chi connectivity index (χ3n) is 2.70. The zero-order chi connectivity index (χ0) is 14.8. The van der Waals surface area contributed by atoms with E-state index in [9.17, 15) is 9.59 Å². The fraction of sp³-hybridized carbons (Fsp3) is 0.714. The van der Waals surface area contributed by atoms with E-state index in [1.165, 1.54) is 12.0 Å². The number of carbonyl (C=O) groups is 2. The summed E-state index contributed by atoms with van der Waals surface area (Å²) in [6, 6.07) is -0.644. The van der Waals surface area contributed by atoms with E-state index in [0.29, 0.717) is 13.0 Å². The summed E-state index contributed by atoms with van der Waals surface area (Å²) in [6.45, 7) is 6.27. The van der Waals surface area contributed by atoms with Gasteiger partial charge in [0.2, 0.25) is 0 Å². The molecule has 5 heteroatoms. The lowest BCUT2D eigenvalue weighted by atomic mass is 10.1. The van der Waals surface area contributed by atoms with Gasteiger partial charge in [-0.15, -0.1) is 0 Å². The fourth-order valence-corrected chi connectivity index (χ4v) is 1.43. The second-order valence-electron chi connectivity index (χ2n) is 4.63. The van der Waals surface area contributed by atoms with Gasteiger partial charge in [-0.3, -0.25) is 4.90 Å². The third-order valence-corrected chi connectivity index (χ3v) is 2.70. The molecular weight excluding hydrogens is 246 g/mol. The largest absolute Gasteiger partial charge is 0.467 e. The molecule has 1 atom stereocenters. The number of carbonyl (C=O) groups excluding carboxylic acids is 2. The van der Waals surface area contributed by atoms with Gasteiger partial charge in [0.05, 0.1) is 13.7 Å². The Kier molecular flexibility index (Phi) is 8.66. The predicted molar refractivity (Wildman–Crippen MR) is 73.9 cm³/mol. The summed E-state index contributed by atoms with van der Waals surface area (Å²) in [5.74, 6) is -0.438. The van der Waals surface area contributed by atoms with E-state index in [4.69, 9.17) is 9.47 Å². The van der Waals surface area contributed by atoms with Crippen molar-refractivity contribution in [2.24, 2.45) is 0 Å². The Morgan fingerprint density at radius 3 is 2.42 bits per heavy atom. The van der Waals surface area contributed by atoms with E-state index in [1.54, 1.807) is 7.05 Å². The highest BCUT2D eigenvalue weighted by Crippen LogP contribution is 2.09. The average Bonchev–Trinajstić information content (AvgIpc) is 2.38. The molecule has 0 saturated heterocycles. The Morgan fingerprint density at radius 1 is 1.32 bits per heavy atom. The minimum atomic E-state index is -0.644. The minimum absolute atomic E-state index is 0.371. The smallest absolute Gasteiger partial charge is 0.410 e. The van der Waals surface area contributed by atoms with Crippen molar-refractivity contribution in [1.29, 1.82) is 0 Å². The topological polar surface area (TPSA) is 55.8 Å². The monoisotopic (exact) mass is 271 g/mol. The first-order valence-corrected chi connectivity index (χ1v) is 6.54. The minimum Gasteiger partial charge on any atom is -0.467 e. The Balaban J connectivity index is 4.61. The van der Waals surface area contributed by atoms with Gasteiger partial charge in [-0.05, 0) is 26.7 Å². The van der Waals surface area contributed by atoms with E-state index in [-0.39, 0.29) is 0 Å². The molecule has 110 valence electrons. The average molecular weight is 271 g/mol. The standard InChI is InChI=1S/C14H25NO4/c1-6-7-10-19-14(17)15(4)12(13(16)18-5)9-8-11(2)3/h8,12H,6-7,9-10H2,1-5H3. The number of allylic oxidation sites excluding steroid dienone is 1. The first-order chi connectivity index (χ1) is 8.93. The van der Waals surface area contributed by atoms with Crippen molar-refractivity contribution >= 4 is 12.1 Å². The van der Waals surface area contributed by atoms with Gasteiger partial charge in [0, 0.05) is 7.05 Å². The number of esters is 1. The summed E-state index contributed by atoms with van der Waals surface area (Å²) >= 11 is 0. The Labute approximate surface area is 115 Å². The zero-order valence-electron chi connectivity index (χ0n) is 12.6. The molecule has 0 spiro atoms. The summed E-state index contributed by atoms with van der Waals surface area (Å²) in [4.78, 5) is 24.8. The molecule has 0 aromatic carbocycles. The van der Waals surface area contributed by atoms with Crippen LogP contribution in [-0.2, 0) is 14.3 Å². The molecule has 5 nitrogen and oxygen atoms in total. The Morgan fingerprint density at radius 2 is 1.95 bits per heavy atom. The molecule has 0 fully saturated rings. The molecule has 0 N–H and O–H groups in total. The number of nitrogens with zero attached hydrogens (tertiary/aromatic N) is 1. The lowest BCUT2D eigenvalue weighted by Crippen LogP contribution is -2.43. The number of amides is 1. The van der Waals surface area contributed by atoms with E-state index in [1.807, 2.05) is 26.8 Å². The normalized spacial score (nSPS) is 11.4. The highest BCUT2D eigenvalue weighted by molar-refractivity contribution is 5.81. The number of hydrogen-bond acceptors (Lipinski definition) is 4. The maximum atomic E-state index is 11.8. The molecule has 19 heavy (non-hydrogen) atoms. The van der Waals surface area contributed by atoms with E-state index < -0.39 is 18.1 Å². The van der Waals surface area contributed by atoms with Gasteiger partial charge in [-0.1, -0.05) is 25.0 Å². The van der Waals surface area contributed by atoms with Crippen LogP contribution in [0.25, 0.3) is 0 Å². The van der Waals surface area contributed by atoms with Crippen molar-refractivity contribution in [3.8, 4) is 0 Å². The van der Waals surface area contributed by atoms with Gasteiger partial charge < -0.3 is 9.47 Å². The van der Waals surface area contributed by atoms with Gasteiger partial charge in [0.25, 0.3) is 0 Å². The van der Waals surface area contributed by atoms with Crippen LogP contribution >= 0.6 is 0 Å². The van der Waals surface area contributed by atoms with Crippen LogP contribution in [-0.4, -0.2) is 43.8 Å². The van der Waals surface area contributed by atoms with Crippen LogP contribution in [0.2, 0.25) is 0 Å². The summed E-state index contributed by atoms with van der Waals surface area (Å²) in [5, 5.41) is 0. The number of hydrogen-bond donors (Lipinski definition) is 0. The van der Waals surface area contributed by atoms with Crippen molar-refractivity contribution < 1.29 is 19.1 Å². The van der Waals surface area contributed by atoms with Crippen molar-refractivity contribution in [1.82, 2.24) is 4.90 Å².